The molecule has 90 valence electrons. The maximum absolute atomic E-state index is 12.1. The number of aromatic hydroxyl groups is 2. The summed E-state index contributed by atoms with van der Waals surface area (Å²) >= 11 is 5.86. The minimum atomic E-state index is -0.424. The molecule has 0 bridgehead atoms. The highest BCUT2D eigenvalue weighted by molar-refractivity contribution is 6.36. The lowest BCUT2D eigenvalue weighted by Gasteiger charge is -2.09. The second kappa shape index (κ2) is 3.96. The van der Waals surface area contributed by atoms with Gasteiger partial charge in [0.15, 0.2) is 16.9 Å². The molecule has 5 heteroatoms. The van der Waals surface area contributed by atoms with Crippen LogP contribution in [0, 0.1) is 0 Å². The molecule has 1 aromatic heterocycles. The number of halogens is 1. The van der Waals surface area contributed by atoms with Gasteiger partial charge in [0, 0.05) is 11.8 Å². The Labute approximate surface area is 102 Å². The molecule has 0 saturated carbocycles. The monoisotopic (exact) mass is 253 g/mol. The Morgan fingerprint density at radius 3 is 2.59 bits per heavy atom. The van der Waals surface area contributed by atoms with E-state index in [0.717, 1.165) is 0 Å². The third-order valence-electron chi connectivity index (χ3n) is 2.72. The van der Waals surface area contributed by atoms with Crippen LogP contribution in [0.25, 0.3) is 10.9 Å². The van der Waals surface area contributed by atoms with Gasteiger partial charge in [-0.3, -0.25) is 4.79 Å². The summed E-state index contributed by atoms with van der Waals surface area (Å²) in [6.45, 7) is 3.80. The summed E-state index contributed by atoms with van der Waals surface area (Å²) in [5, 5.41) is 19.2. The molecule has 0 amide bonds. The Morgan fingerprint density at radius 2 is 2.00 bits per heavy atom. The third-order valence-corrected chi connectivity index (χ3v) is 3.09. The van der Waals surface area contributed by atoms with E-state index in [1.165, 1.54) is 6.07 Å². The molecule has 1 heterocycles. The van der Waals surface area contributed by atoms with Crippen LogP contribution in [0.4, 0.5) is 0 Å². The lowest BCUT2D eigenvalue weighted by molar-refractivity contribution is 0.405. The van der Waals surface area contributed by atoms with E-state index in [1.807, 2.05) is 13.8 Å². The predicted molar refractivity (Wildman–Crippen MR) is 67.0 cm³/mol. The number of hydrogen-bond donors (Lipinski definition) is 3. The summed E-state index contributed by atoms with van der Waals surface area (Å²) in [6, 6.07) is 1.22. The lowest BCUT2D eigenvalue weighted by Crippen LogP contribution is -2.11. The zero-order valence-corrected chi connectivity index (χ0v) is 10.2. The largest absolute Gasteiger partial charge is 0.504 e. The summed E-state index contributed by atoms with van der Waals surface area (Å²) in [5.41, 5.74) is 0.751. The average Bonchev–Trinajstić information content (AvgIpc) is 2.27. The van der Waals surface area contributed by atoms with Crippen molar-refractivity contribution in [3.8, 4) is 11.5 Å². The van der Waals surface area contributed by atoms with E-state index in [2.05, 4.69) is 4.98 Å². The van der Waals surface area contributed by atoms with E-state index in [1.54, 1.807) is 6.20 Å². The van der Waals surface area contributed by atoms with Crippen LogP contribution in [-0.4, -0.2) is 15.2 Å². The van der Waals surface area contributed by atoms with Crippen molar-refractivity contribution in [2.45, 2.75) is 19.8 Å². The Kier molecular flexibility index (Phi) is 2.75. The van der Waals surface area contributed by atoms with Gasteiger partial charge in [0.1, 0.15) is 5.02 Å². The fourth-order valence-corrected chi connectivity index (χ4v) is 2.00. The van der Waals surface area contributed by atoms with E-state index in [9.17, 15) is 15.0 Å². The van der Waals surface area contributed by atoms with Gasteiger partial charge in [-0.05, 0) is 12.0 Å². The molecule has 0 fully saturated rings. The molecule has 0 atom stereocenters. The number of rotatable bonds is 1. The summed E-state index contributed by atoms with van der Waals surface area (Å²) in [5.74, 6) is -0.751. The van der Waals surface area contributed by atoms with Crippen molar-refractivity contribution in [1.29, 1.82) is 0 Å². The summed E-state index contributed by atoms with van der Waals surface area (Å²) < 4.78 is 0. The number of nitrogens with one attached hydrogen (secondary N) is 1. The zero-order valence-electron chi connectivity index (χ0n) is 9.41. The number of phenolic OH excluding ortho intramolecular Hbond substituents is 2. The smallest absolute Gasteiger partial charge is 0.193 e. The topological polar surface area (TPSA) is 73.3 Å². The molecule has 3 N–H and O–H groups in total. The van der Waals surface area contributed by atoms with Gasteiger partial charge in [-0.1, -0.05) is 25.4 Å². The molecule has 4 nitrogen and oxygen atoms in total. The van der Waals surface area contributed by atoms with Crippen LogP contribution >= 0.6 is 11.6 Å². The van der Waals surface area contributed by atoms with Gasteiger partial charge in [0.2, 0.25) is 0 Å². The number of aromatic amines is 1. The first kappa shape index (κ1) is 11.8. The van der Waals surface area contributed by atoms with Crippen LogP contribution in [0.1, 0.15) is 25.3 Å². The standard InChI is InChI=1S/C12H12ClNO3/c1-5(2)7-4-14-10-6(11(7)16)3-8(15)12(17)9(10)13/h3-5,15,17H,1-2H3,(H,14,16). The highest BCUT2D eigenvalue weighted by Gasteiger charge is 2.15. The van der Waals surface area contributed by atoms with Gasteiger partial charge in [-0.15, -0.1) is 0 Å². The minimum Gasteiger partial charge on any atom is -0.504 e. The number of fused-ring (bicyclic) bond motifs is 1. The first-order valence-corrected chi connectivity index (χ1v) is 5.57. The number of aromatic nitrogens is 1. The van der Waals surface area contributed by atoms with Crippen molar-refractivity contribution in [2.75, 3.05) is 0 Å². The number of phenols is 2. The van der Waals surface area contributed by atoms with Crippen LogP contribution in [0.2, 0.25) is 5.02 Å². The molecule has 2 rings (SSSR count). The van der Waals surface area contributed by atoms with Crippen LogP contribution in [-0.2, 0) is 0 Å². The molecular formula is C12H12ClNO3. The summed E-state index contributed by atoms with van der Waals surface area (Å²) in [6.07, 6.45) is 1.58. The second-order valence-corrected chi connectivity index (χ2v) is 4.59. The molecule has 1 aromatic carbocycles. The Balaban J connectivity index is 2.93. The van der Waals surface area contributed by atoms with Crippen LogP contribution in [0.5, 0.6) is 11.5 Å². The normalized spacial score (nSPS) is 11.3. The fourth-order valence-electron chi connectivity index (χ4n) is 1.75. The lowest BCUT2D eigenvalue weighted by atomic mass is 10.0. The second-order valence-electron chi connectivity index (χ2n) is 4.21. The van der Waals surface area contributed by atoms with Crippen molar-refractivity contribution in [1.82, 2.24) is 4.98 Å². The number of H-pyrrole nitrogens is 1. The predicted octanol–water partition coefficient (Wildman–Crippen LogP) is 2.72. The molecule has 0 spiro atoms. The Morgan fingerprint density at radius 1 is 1.35 bits per heavy atom. The number of benzene rings is 1. The van der Waals surface area contributed by atoms with Crippen molar-refractivity contribution in [3.05, 3.63) is 33.1 Å². The van der Waals surface area contributed by atoms with Crippen LogP contribution in [0.15, 0.2) is 17.1 Å². The molecule has 0 radical (unpaired) electrons. The van der Waals surface area contributed by atoms with Crippen molar-refractivity contribution in [2.24, 2.45) is 0 Å². The van der Waals surface area contributed by atoms with Gasteiger partial charge in [-0.25, -0.2) is 0 Å². The fraction of sp³-hybridized carbons (Fsp3) is 0.250. The molecule has 0 saturated heterocycles. The van der Waals surface area contributed by atoms with Gasteiger partial charge in [0.05, 0.1) is 10.9 Å². The summed E-state index contributed by atoms with van der Waals surface area (Å²) in [7, 11) is 0. The zero-order chi connectivity index (χ0) is 12.7. The minimum absolute atomic E-state index is 0.0487. The summed E-state index contributed by atoms with van der Waals surface area (Å²) in [4.78, 5) is 15.0. The van der Waals surface area contributed by atoms with Crippen molar-refractivity contribution in [3.63, 3.8) is 0 Å². The van der Waals surface area contributed by atoms with Crippen molar-refractivity contribution >= 4 is 22.5 Å². The Hall–Kier alpha value is -1.68. The molecule has 2 aromatic rings. The van der Waals surface area contributed by atoms with Gasteiger partial charge >= 0.3 is 0 Å². The van der Waals surface area contributed by atoms with E-state index < -0.39 is 11.5 Å². The van der Waals surface area contributed by atoms with Gasteiger partial charge < -0.3 is 15.2 Å². The SMILES string of the molecule is CC(C)c1c[nH]c2c(Cl)c(O)c(O)cc2c1=O. The van der Waals surface area contributed by atoms with E-state index in [-0.39, 0.29) is 21.8 Å². The van der Waals surface area contributed by atoms with Gasteiger partial charge in [0.25, 0.3) is 0 Å². The van der Waals surface area contributed by atoms with E-state index in [4.69, 9.17) is 11.6 Å². The average molecular weight is 254 g/mol. The first-order chi connectivity index (χ1) is 7.93. The quantitative estimate of drug-likeness (QED) is 0.684. The molecule has 0 aliphatic heterocycles. The number of pyridine rings is 1. The maximum atomic E-state index is 12.1. The Bertz CT molecular complexity index is 646. The molecule has 17 heavy (non-hydrogen) atoms. The molecule has 0 aliphatic carbocycles. The van der Waals surface area contributed by atoms with E-state index in [0.29, 0.717) is 11.1 Å². The van der Waals surface area contributed by atoms with Gasteiger partial charge in [-0.2, -0.15) is 0 Å². The number of hydrogen-bond acceptors (Lipinski definition) is 3. The van der Waals surface area contributed by atoms with Crippen molar-refractivity contribution < 1.29 is 10.2 Å². The molecule has 0 aliphatic rings. The molecular weight excluding hydrogens is 242 g/mol. The first-order valence-electron chi connectivity index (χ1n) is 5.19. The maximum Gasteiger partial charge on any atom is 0.193 e. The molecule has 0 unspecified atom stereocenters. The van der Waals surface area contributed by atoms with Crippen LogP contribution in [0.3, 0.4) is 0 Å². The third kappa shape index (κ3) is 1.74. The van der Waals surface area contributed by atoms with E-state index >= 15 is 0 Å². The van der Waals surface area contributed by atoms with Crippen LogP contribution < -0.4 is 5.43 Å². The highest BCUT2D eigenvalue weighted by Crippen LogP contribution is 2.37. The highest BCUT2D eigenvalue weighted by atomic mass is 35.5.